The van der Waals surface area contributed by atoms with Crippen molar-refractivity contribution in [1.29, 1.82) is 0 Å². The normalized spacial score (nSPS) is 11.8. The van der Waals surface area contributed by atoms with Gasteiger partial charge in [-0.1, -0.05) is 6.92 Å². The second kappa shape index (κ2) is 6.05. The summed E-state index contributed by atoms with van der Waals surface area (Å²) in [4.78, 5) is 4.49. The van der Waals surface area contributed by atoms with Gasteiger partial charge in [0, 0.05) is 19.3 Å². The predicted molar refractivity (Wildman–Crippen MR) is 71.4 cm³/mol. The number of anilines is 1. The first-order valence-electron chi connectivity index (χ1n) is 6.40. The Kier molecular flexibility index (Phi) is 5.00. The lowest BCUT2D eigenvalue weighted by Crippen LogP contribution is -2.30. The fourth-order valence-electron chi connectivity index (χ4n) is 1.89. The Morgan fingerprint density at radius 2 is 2.12 bits per heavy atom. The van der Waals surface area contributed by atoms with Crippen LogP contribution in [0.1, 0.15) is 39.8 Å². The van der Waals surface area contributed by atoms with Crippen molar-refractivity contribution >= 4 is 5.95 Å². The van der Waals surface area contributed by atoms with Crippen molar-refractivity contribution in [3.63, 3.8) is 0 Å². The van der Waals surface area contributed by atoms with Crippen LogP contribution in [0.3, 0.4) is 0 Å². The molecule has 4 heteroatoms. The molecule has 0 fully saturated rings. The average molecular weight is 239 g/mol. The second-order valence-electron chi connectivity index (χ2n) is 4.95. The minimum atomic E-state index is -0.162. The van der Waals surface area contributed by atoms with Crippen molar-refractivity contribution in [1.82, 2.24) is 9.55 Å². The second-order valence-corrected chi connectivity index (χ2v) is 4.95. The van der Waals surface area contributed by atoms with Gasteiger partial charge in [-0.25, -0.2) is 4.98 Å². The molecule has 0 aliphatic rings. The zero-order valence-corrected chi connectivity index (χ0v) is 11.7. The van der Waals surface area contributed by atoms with Gasteiger partial charge in [0.2, 0.25) is 5.95 Å². The molecule has 98 valence electrons. The van der Waals surface area contributed by atoms with Crippen LogP contribution < -0.4 is 5.32 Å². The molecule has 0 spiro atoms. The highest BCUT2D eigenvalue weighted by molar-refractivity contribution is 5.28. The van der Waals surface area contributed by atoms with E-state index in [4.69, 9.17) is 4.74 Å². The summed E-state index contributed by atoms with van der Waals surface area (Å²) >= 11 is 0. The third kappa shape index (κ3) is 4.38. The van der Waals surface area contributed by atoms with Gasteiger partial charge in [0.25, 0.3) is 0 Å². The number of hydrogen-bond donors (Lipinski definition) is 1. The van der Waals surface area contributed by atoms with E-state index in [2.05, 4.69) is 41.8 Å². The van der Waals surface area contributed by atoms with E-state index in [0.717, 1.165) is 37.8 Å². The van der Waals surface area contributed by atoms with Gasteiger partial charge in [0.15, 0.2) is 0 Å². The molecule has 1 N–H and O–H groups in total. The van der Waals surface area contributed by atoms with Crippen LogP contribution in [0.5, 0.6) is 0 Å². The first-order valence-corrected chi connectivity index (χ1v) is 6.40. The summed E-state index contributed by atoms with van der Waals surface area (Å²) in [6.45, 7) is 12.9. The lowest BCUT2D eigenvalue weighted by atomic mass is 10.1. The van der Waals surface area contributed by atoms with Crippen LogP contribution in [0.2, 0.25) is 0 Å². The summed E-state index contributed by atoms with van der Waals surface area (Å²) in [7, 11) is 0. The Morgan fingerprint density at radius 3 is 2.71 bits per heavy atom. The van der Waals surface area contributed by atoms with Crippen molar-refractivity contribution in [3.05, 3.63) is 11.9 Å². The van der Waals surface area contributed by atoms with Crippen LogP contribution >= 0.6 is 0 Å². The topological polar surface area (TPSA) is 39.1 Å². The van der Waals surface area contributed by atoms with Gasteiger partial charge in [-0.15, -0.1) is 0 Å². The zero-order chi connectivity index (χ0) is 12.9. The van der Waals surface area contributed by atoms with Crippen molar-refractivity contribution in [2.45, 2.75) is 53.2 Å². The van der Waals surface area contributed by atoms with E-state index < -0.39 is 0 Å². The molecule has 1 rings (SSSR count). The first kappa shape index (κ1) is 14.0. The van der Waals surface area contributed by atoms with E-state index in [1.54, 1.807) is 0 Å². The molecule has 4 nitrogen and oxygen atoms in total. The van der Waals surface area contributed by atoms with E-state index >= 15 is 0 Å². The number of nitrogens with one attached hydrogen (secondary N) is 1. The SMILES string of the molecule is CCCNc1nc(C)cn1CC(C)(C)OCC. The van der Waals surface area contributed by atoms with E-state index in [1.807, 2.05) is 13.8 Å². The van der Waals surface area contributed by atoms with Crippen molar-refractivity contribution < 1.29 is 4.74 Å². The Morgan fingerprint density at radius 1 is 1.41 bits per heavy atom. The van der Waals surface area contributed by atoms with Gasteiger partial charge >= 0.3 is 0 Å². The van der Waals surface area contributed by atoms with E-state index in [9.17, 15) is 0 Å². The molecule has 0 aliphatic carbocycles. The lowest BCUT2D eigenvalue weighted by Gasteiger charge is -2.26. The summed E-state index contributed by atoms with van der Waals surface area (Å²) in [5.41, 5.74) is 0.876. The number of rotatable bonds is 7. The summed E-state index contributed by atoms with van der Waals surface area (Å²) in [5, 5.41) is 3.34. The number of aryl methyl sites for hydroxylation is 1. The first-order chi connectivity index (χ1) is 7.98. The van der Waals surface area contributed by atoms with Crippen molar-refractivity contribution in [2.75, 3.05) is 18.5 Å². The van der Waals surface area contributed by atoms with Gasteiger partial charge in [-0.2, -0.15) is 0 Å². The van der Waals surface area contributed by atoms with Crippen LogP contribution in [-0.2, 0) is 11.3 Å². The molecule has 1 aromatic rings. The van der Waals surface area contributed by atoms with Crippen molar-refractivity contribution in [3.8, 4) is 0 Å². The highest BCUT2D eigenvalue weighted by Crippen LogP contribution is 2.17. The van der Waals surface area contributed by atoms with Gasteiger partial charge in [-0.3, -0.25) is 0 Å². The molecule has 0 radical (unpaired) electrons. The fourth-order valence-corrected chi connectivity index (χ4v) is 1.89. The molecule has 1 aromatic heterocycles. The Balaban J connectivity index is 2.75. The molecule has 0 atom stereocenters. The molecule has 0 amide bonds. The molecule has 0 bridgehead atoms. The number of hydrogen-bond acceptors (Lipinski definition) is 3. The van der Waals surface area contributed by atoms with Crippen molar-refractivity contribution in [2.24, 2.45) is 0 Å². The van der Waals surface area contributed by atoms with Gasteiger partial charge in [-0.05, 0) is 34.1 Å². The molecule has 0 unspecified atom stereocenters. The number of imidazole rings is 1. The standard InChI is InChI=1S/C13H25N3O/c1-6-8-14-12-15-11(3)9-16(12)10-13(4,5)17-7-2/h9H,6-8,10H2,1-5H3,(H,14,15). The van der Waals surface area contributed by atoms with Gasteiger partial charge in [0.05, 0.1) is 17.8 Å². The zero-order valence-electron chi connectivity index (χ0n) is 11.7. The third-order valence-corrected chi connectivity index (χ3v) is 2.52. The minimum absolute atomic E-state index is 0.162. The maximum absolute atomic E-state index is 5.73. The lowest BCUT2D eigenvalue weighted by molar-refractivity contribution is -0.0220. The summed E-state index contributed by atoms with van der Waals surface area (Å²) in [6.07, 6.45) is 3.17. The van der Waals surface area contributed by atoms with Gasteiger partial charge < -0.3 is 14.6 Å². The number of ether oxygens (including phenoxy) is 1. The average Bonchev–Trinajstić information content (AvgIpc) is 2.54. The Bertz CT molecular complexity index is 344. The molecular weight excluding hydrogens is 214 g/mol. The fraction of sp³-hybridized carbons (Fsp3) is 0.769. The van der Waals surface area contributed by atoms with E-state index in [0.29, 0.717) is 0 Å². The Hall–Kier alpha value is -1.03. The largest absolute Gasteiger partial charge is 0.374 e. The van der Waals surface area contributed by atoms with Gasteiger partial charge in [0.1, 0.15) is 0 Å². The summed E-state index contributed by atoms with van der Waals surface area (Å²) < 4.78 is 7.87. The summed E-state index contributed by atoms with van der Waals surface area (Å²) in [6, 6.07) is 0. The highest BCUT2D eigenvalue weighted by Gasteiger charge is 2.20. The predicted octanol–water partition coefficient (Wildman–Crippen LogP) is 2.83. The van der Waals surface area contributed by atoms with E-state index in [1.165, 1.54) is 0 Å². The molecule has 17 heavy (non-hydrogen) atoms. The van der Waals surface area contributed by atoms with Crippen LogP contribution in [0.25, 0.3) is 0 Å². The third-order valence-electron chi connectivity index (χ3n) is 2.52. The molecule has 0 saturated heterocycles. The maximum atomic E-state index is 5.73. The monoisotopic (exact) mass is 239 g/mol. The van der Waals surface area contributed by atoms with Crippen LogP contribution in [0.15, 0.2) is 6.20 Å². The maximum Gasteiger partial charge on any atom is 0.203 e. The summed E-state index contributed by atoms with van der Waals surface area (Å²) in [5.74, 6) is 0.942. The van der Waals surface area contributed by atoms with Crippen LogP contribution in [0, 0.1) is 6.92 Å². The Labute approximate surface area is 104 Å². The van der Waals surface area contributed by atoms with Crippen LogP contribution in [0.4, 0.5) is 5.95 Å². The molecule has 0 aliphatic heterocycles. The molecule has 0 aromatic carbocycles. The molecule has 1 heterocycles. The molecule has 0 saturated carbocycles. The van der Waals surface area contributed by atoms with Crippen LogP contribution in [-0.4, -0.2) is 28.3 Å². The quantitative estimate of drug-likeness (QED) is 0.795. The minimum Gasteiger partial charge on any atom is -0.374 e. The smallest absolute Gasteiger partial charge is 0.203 e. The molecular formula is C13H25N3O. The number of nitrogens with zero attached hydrogens (tertiary/aromatic N) is 2. The van der Waals surface area contributed by atoms with E-state index in [-0.39, 0.29) is 5.60 Å². The highest BCUT2D eigenvalue weighted by atomic mass is 16.5. The number of aromatic nitrogens is 2.